The van der Waals surface area contributed by atoms with Crippen LogP contribution in [0.2, 0.25) is 0 Å². The van der Waals surface area contributed by atoms with Crippen LogP contribution in [0, 0.1) is 0 Å². The Hall–Kier alpha value is 0.193. The smallest absolute Gasteiger partial charge is 0.375 e. The highest BCUT2D eigenvalue weighted by Crippen LogP contribution is 1.57. The lowest BCUT2D eigenvalue weighted by molar-refractivity contribution is -0.108. The molecule has 3 radical (unpaired) electrons. The first-order chi connectivity index (χ1) is 2.81. The van der Waals surface area contributed by atoms with E-state index in [9.17, 15) is 9.26 Å². The average Bonchev–Trinajstić information content (AvgIpc) is 1.65. The van der Waals surface area contributed by atoms with Crippen LogP contribution < -0.4 is 0 Å². The Balaban J connectivity index is 0. The summed E-state index contributed by atoms with van der Waals surface area (Å²) in [7, 11) is -0.875. The fourth-order valence-electron chi connectivity index (χ4n) is 0.0417. The zero-order valence-electron chi connectivity index (χ0n) is 3.81. The van der Waals surface area contributed by atoms with Crippen LogP contribution in [0.5, 0.6) is 0 Å². The van der Waals surface area contributed by atoms with E-state index in [1.165, 1.54) is 0 Å². The van der Waals surface area contributed by atoms with Gasteiger partial charge in [-0.2, -0.15) is 0 Å². The maximum Gasteiger partial charge on any atom is 0.411 e. The van der Waals surface area contributed by atoms with Crippen LogP contribution in [0.3, 0.4) is 0 Å². The lowest BCUT2D eigenvalue weighted by Gasteiger charge is -1.60. The molecule has 0 fully saturated rings. The SMILES string of the molecule is C=CC(=O)[Si]=O.[Mg]. The zero-order chi connectivity index (χ0) is 4.99. The molecule has 0 aliphatic heterocycles. The summed E-state index contributed by atoms with van der Waals surface area (Å²) >= 11 is 0. The molecular weight excluding hydrogens is 120 g/mol. The van der Waals surface area contributed by atoms with Crippen LogP contribution in [-0.2, 0) is 9.26 Å². The molecule has 0 atom stereocenters. The van der Waals surface area contributed by atoms with Crippen molar-refractivity contribution in [1.29, 1.82) is 0 Å². The quantitative estimate of drug-likeness (QED) is 0.362. The number of hydrogen-bond donors (Lipinski definition) is 0. The first kappa shape index (κ1) is 10.2. The van der Waals surface area contributed by atoms with Crippen molar-refractivity contribution < 1.29 is 9.26 Å². The zero-order valence-corrected chi connectivity index (χ0v) is 6.22. The van der Waals surface area contributed by atoms with Crippen LogP contribution in [0.15, 0.2) is 12.7 Å². The van der Waals surface area contributed by atoms with Gasteiger partial charge in [0.2, 0.25) is 5.41 Å². The molecule has 0 aromatic heterocycles. The van der Waals surface area contributed by atoms with Gasteiger partial charge in [-0.05, 0) is 6.08 Å². The summed E-state index contributed by atoms with van der Waals surface area (Å²) in [6.07, 6.45) is 1.03. The first-order valence-electron chi connectivity index (χ1n) is 1.36. The number of rotatable bonds is 2. The van der Waals surface area contributed by atoms with Gasteiger partial charge in [-0.25, -0.2) is 0 Å². The molecule has 0 aromatic carbocycles. The van der Waals surface area contributed by atoms with E-state index in [2.05, 4.69) is 6.58 Å². The highest BCUT2D eigenvalue weighted by atomic mass is 28.2. The van der Waals surface area contributed by atoms with Crippen LogP contribution >= 0.6 is 0 Å². The second-order valence-electron chi connectivity index (χ2n) is 0.670. The van der Waals surface area contributed by atoms with Crippen LogP contribution in [0.4, 0.5) is 0 Å². The summed E-state index contributed by atoms with van der Waals surface area (Å²) in [5.74, 6) is 0. The van der Waals surface area contributed by atoms with Gasteiger partial charge in [0, 0.05) is 23.1 Å². The molecule has 0 heterocycles. The van der Waals surface area contributed by atoms with Crippen molar-refractivity contribution >= 4 is 37.9 Å². The third kappa shape index (κ3) is 6.19. The molecule has 0 saturated carbocycles. The minimum Gasteiger partial charge on any atom is -0.375 e. The Morgan fingerprint density at radius 1 is 1.71 bits per heavy atom. The van der Waals surface area contributed by atoms with Gasteiger partial charge in [-0.1, -0.05) is 6.58 Å². The molecule has 33 valence electrons. The van der Waals surface area contributed by atoms with Gasteiger partial charge in [0.25, 0.3) is 0 Å². The van der Waals surface area contributed by atoms with E-state index in [4.69, 9.17) is 0 Å². The predicted molar refractivity (Wildman–Crippen MR) is 27.4 cm³/mol. The van der Waals surface area contributed by atoms with E-state index in [1.54, 1.807) is 0 Å². The second kappa shape index (κ2) is 6.19. The molecule has 0 aliphatic rings. The van der Waals surface area contributed by atoms with E-state index in [-0.39, 0.29) is 23.1 Å². The van der Waals surface area contributed by atoms with Gasteiger partial charge in [0.1, 0.15) is 0 Å². The molecular formula is C3H3MgO2Si. The minimum atomic E-state index is -0.875. The van der Waals surface area contributed by atoms with Crippen molar-refractivity contribution in [3.63, 3.8) is 0 Å². The fourth-order valence-corrected chi connectivity index (χ4v) is 0.125. The first-order valence-corrected chi connectivity index (χ1v) is 2.26. The second-order valence-corrected chi connectivity index (χ2v) is 1.37. The highest BCUT2D eigenvalue weighted by Gasteiger charge is 1.86. The van der Waals surface area contributed by atoms with Crippen molar-refractivity contribution in [1.82, 2.24) is 0 Å². The van der Waals surface area contributed by atoms with Gasteiger partial charge < -0.3 is 4.46 Å². The lowest BCUT2D eigenvalue weighted by Crippen LogP contribution is -1.91. The van der Waals surface area contributed by atoms with Crippen LogP contribution in [0.25, 0.3) is 0 Å². The van der Waals surface area contributed by atoms with E-state index in [1.807, 2.05) is 0 Å². The third-order valence-electron chi connectivity index (χ3n) is 0.286. The van der Waals surface area contributed by atoms with Crippen molar-refractivity contribution in [2.24, 2.45) is 0 Å². The molecule has 0 unspecified atom stereocenters. The highest BCUT2D eigenvalue weighted by molar-refractivity contribution is 6.65. The molecule has 0 aromatic rings. The van der Waals surface area contributed by atoms with E-state index >= 15 is 0 Å². The van der Waals surface area contributed by atoms with Crippen molar-refractivity contribution in [3.05, 3.63) is 12.7 Å². The Morgan fingerprint density at radius 3 is 2.14 bits per heavy atom. The number of hydrogen-bond acceptors (Lipinski definition) is 2. The largest absolute Gasteiger partial charge is 0.411 e. The van der Waals surface area contributed by atoms with Crippen molar-refractivity contribution in [3.8, 4) is 0 Å². The van der Waals surface area contributed by atoms with Gasteiger partial charge in [0.15, 0.2) is 0 Å². The van der Waals surface area contributed by atoms with Gasteiger partial charge in [0.05, 0.1) is 0 Å². The molecule has 7 heavy (non-hydrogen) atoms. The molecule has 2 nitrogen and oxygen atoms in total. The van der Waals surface area contributed by atoms with Crippen molar-refractivity contribution in [2.45, 2.75) is 0 Å². The van der Waals surface area contributed by atoms with E-state index in [0.717, 1.165) is 6.08 Å². The molecule has 4 heteroatoms. The molecule has 0 rings (SSSR count). The molecule has 0 spiro atoms. The summed E-state index contributed by atoms with van der Waals surface area (Å²) in [4.78, 5) is 9.76. The molecule has 0 aliphatic carbocycles. The topological polar surface area (TPSA) is 34.1 Å². The summed E-state index contributed by atoms with van der Waals surface area (Å²) < 4.78 is 9.47. The van der Waals surface area contributed by atoms with Gasteiger partial charge in [-0.15, -0.1) is 0 Å². The number of carbonyl (C=O) groups excluding carboxylic acids is 1. The third-order valence-corrected chi connectivity index (χ3v) is 0.691. The Kier molecular flexibility index (Phi) is 9.05. The minimum absolute atomic E-state index is 0. The predicted octanol–water partition coefficient (Wildman–Crippen LogP) is -0.632. The Bertz CT molecular complexity index is 80.9. The molecule has 0 amide bonds. The lowest BCUT2D eigenvalue weighted by atomic mass is 10.7. The monoisotopic (exact) mass is 123 g/mol. The standard InChI is InChI=1S/C3H3O2Si.Mg/c1-2-3(4)6-5;/h2H,1H2;. The maximum atomic E-state index is 9.76. The van der Waals surface area contributed by atoms with E-state index < -0.39 is 14.8 Å². The molecule has 0 N–H and O–H groups in total. The Labute approximate surface area is 60.0 Å². The summed E-state index contributed by atoms with van der Waals surface area (Å²) in [6.45, 7) is 3.09. The number of allylic oxidation sites excluding steroid dienone is 1. The Morgan fingerprint density at radius 2 is 2.14 bits per heavy atom. The normalized spacial score (nSPS) is 5.71. The van der Waals surface area contributed by atoms with Crippen LogP contribution in [0.1, 0.15) is 0 Å². The summed E-state index contributed by atoms with van der Waals surface area (Å²) in [6, 6.07) is 0. The maximum absolute atomic E-state index is 9.76. The molecule has 0 bridgehead atoms. The average molecular weight is 123 g/mol. The fraction of sp³-hybridized carbons (Fsp3) is 0. The van der Waals surface area contributed by atoms with Crippen molar-refractivity contribution in [2.75, 3.05) is 0 Å². The van der Waals surface area contributed by atoms with Gasteiger partial charge >= 0.3 is 9.41 Å². The summed E-state index contributed by atoms with van der Waals surface area (Å²) in [5.41, 5.74) is 0. The van der Waals surface area contributed by atoms with Gasteiger partial charge in [-0.3, -0.25) is 4.79 Å². The summed E-state index contributed by atoms with van der Waals surface area (Å²) in [5, 5.41) is -0.421. The number of carbonyl (C=O) groups is 1. The van der Waals surface area contributed by atoms with E-state index in [0.29, 0.717) is 0 Å². The van der Waals surface area contributed by atoms with Crippen LogP contribution in [-0.4, -0.2) is 37.9 Å². The molecule has 0 saturated heterocycles.